The first-order chi connectivity index (χ1) is 8.79. The fourth-order valence-corrected chi connectivity index (χ4v) is 1.47. The number of carbonyl (C=O) groups excluding carboxylic acids is 1. The maximum absolute atomic E-state index is 11.8. The zero-order valence-electron chi connectivity index (χ0n) is 10.00. The molecule has 1 heterocycles. The van der Waals surface area contributed by atoms with Crippen LogP contribution in [0.5, 0.6) is 5.75 Å². The lowest BCUT2D eigenvalue weighted by atomic mass is 10.2. The van der Waals surface area contributed by atoms with E-state index in [-0.39, 0.29) is 12.6 Å². The number of hydrogen-bond donors (Lipinski definition) is 0. The number of rotatable bonds is 4. The zero-order chi connectivity index (χ0) is 12.8. The average Bonchev–Trinajstić information content (AvgIpc) is 2.46. The van der Waals surface area contributed by atoms with Crippen LogP contribution in [0.2, 0.25) is 0 Å². The quantitative estimate of drug-likeness (QED) is 0.774. The van der Waals surface area contributed by atoms with Crippen LogP contribution in [0.4, 0.5) is 0 Å². The van der Waals surface area contributed by atoms with E-state index in [1.54, 1.807) is 49.8 Å². The van der Waals surface area contributed by atoms with Crippen molar-refractivity contribution in [3.05, 3.63) is 59.9 Å². The third-order valence-electron chi connectivity index (χ3n) is 2.40. The molecule has 1 aromatic carbocycles. The van der Waals surface area contributed by atoms with Crippen molar-refractivity contribution in [3.8, 4) is 5.75 Å². The highest BCUT2D eigenvalue weighted by atomic mass is 16.5. The predicted molar refractivity (Wildman–Crippen MR) is 66.4 cm³/mol. The predicted octanol–water partition coefficient (Wildman–Crippen LogP) is 2.45. The maximum atomic E-state index is 11.8. The molecular formula is C14H13NO3. The summed E-state index contributed by atoms with van der Waals surface area (Å²) in [6, 6.07) is 10.5. The Kier molecular flexibility index (Phi) is 3.91. The number of aromatic nitrogens is 1. The molecule has 0 amide bonds. The summed E-state index contributed by atoms with van der Waals surface area (Å²) in [7, 11) is 1.56. The van der Waals surface area contributed by atoms with Crippen LogP contribution in [-0.2, 0) is 11.3 Å². The Morgan fingerprint density at radius 2 is 2.17 bits per heavy atom. The largest absolute Gasteiger partial charge is 0.497 e. The first-order valence-corrected chi connectivity index (χ1v) is 5.49. The summed E-state index contributed by atoms with van der Waals surface area (Å²) in [5.41, 5.74) is 1.33. The number of carbonyl (C=O) groups is 1. The Labute approximate surface area is 105 Å². The highest BCUT2D eigenvalue weighted by molar-refractivity contribution is 5.89. The summed E-state index contributed by atoms with van der Waals surface area (Å²) in [6.07, 6.45) is 3.34. The number of nitrogens with zero attached hydrogens (tertiary/aromatic N) is 1. The van der Waals surface area contributed by atoms with Crippen molar-refractivity contribution in [1.82, 2.24) is 4.98 Å². The van der Waals surface area contributed by atoms with Crippen molar-refractivity contribution in [2.24, 2.45) is 0 Å². The molecule has 2 aromatic rings. The Hall–Kier alpha value is -2.36. The fraction of sp³-hybridized carbons (Fsp3) is 0.143. The minimum absolute atomic E-state index is 0.212. The number of methoxy groups -OCH3 is 1. The van der Waals surface area contributed by atoms with Crippen molar-refractivity contribution in [2.75, 3.05) is 7.11 Å². The molecule has 0 radical (unpaired) electrons. The van der Waals surface area contributed by atoms with Gasteiger partial charge in [0, 0.05) is 18.0 Å². The monoisotopic (exact) mass is 243 g/mol. The Morgan fingerprint density at radius 1 is 1.28 bits per heavy atom. The summed E-state index contributed by atoms with van der Waals surface area (Å²) >= 11 is 0. The third-order valence-corrected chi connectivity index (χ3v) is 2.40. The van der Waals surface area contributed by atoms with Crippen LogP contribution < -0.4 is 4.74 Å². The van der Waals surface area contributed by atoms with Gasteiger partial charge in [-0.1, -0.05) is 12.1 Å². The highest BCUT2D eigenvalue weighted by Crippen LogP contribution is 2.14. The van der Waals surface area contributed by atoms with E-state index < -0.39 is 0 Å². The van der Waals surface area contributed by atoms with E-state index in [9.17, 15) is 4.79 Å². The Morgan fingerprint density at radius 3 is 2.89 bits per heavy atom. The van der Waals surface area contributed by atoms with Crippen molar-refractivity contribution in [1.29, 1.82) is 0 Å². The average molecular weight is 243 g/mol. The number of ether oxygens (including phenoxy) is 2. The van der Waals surface area contributed by atoms with Gasteiger partial charge in [0.25, 0.3) is 0 Å². The summed E-state index contributed by atoms with van der Waals surface area (Å²) in [5.74, 6) is 0.253. The van der Waals surface area contributed by atoms with Crippen LogP contribution in [0, 0.1) is 0 Å². The molecule has 0 saturated carbocycles. The van der Waals surface area contributed by atoms with Crippen molar-refractivity contribution in [3.63, 3.8) is 0 Å². The molecule has 4 heteroatoms. The van der Waals surface area contributed by atoms with Gasteiger partial charge in [0.2, 0.25) is 0 Å². The SMILES string of the molecule is COc1cccc(C(=O)OCc2cccnc2)c1. The first kappa shape index (κ1) is 12.1. The fourth-order valence-electron chi connectivity index (χ4n) is 1.47. The molecule has 0 bridgehead atoms. The van der Waals surface area contributed by atoms with Gasteiger partial charge in [-0.15, -0.1) is 0 Å². The molecule has 0 aliphatic rings. The van der Waals surface area contributed by atoms with Crippen molar-refractivity contribution in [2.45, 2.75) is 6.61 Å². The molecule has 0 N–H and O–H groups in total. The summed E-state index contributed by atoms with van der Waals surface area (Å²) in [4.78, 5) is 15.7. The second-order valence-electron chi connectivity index (χ2n) is 3.67. The molecule has 0 saturated heterocycles. The Bertz CT molecular complexity index is 526. The van der Waals surface area contributed by atoms with E-state index >= 15 is 0 Å². The van der Waals surface area contributed by atoms with Gasteiger partial charge in [-0.2, -0.15) is 0 Å². The van der Waals surface area contributed by atoms with Gasteiger partial charge in [-0.3, -0.25) is 4.98 Å². The summed E-state index contributed by atoms with van der Waals surface area (Å²) in [5, 5.41) is 0. The number of esters is 1. The first-order valence-electron chi connectivity index (χ1n) is 5.49. The second-order valence-corrected chi connectivity index (χ2v) is 3.67. The minimum Gasteiger partial charge on any atom is -0.497 e. The van der Waals surface area contributed by atoms with Gasteiger partial charge < -0.3 is 9.47 Å². The summed E-state index contributed by atoms with van der Waals surface area (Å²) < 4.78 is 10.2. The van der Waals surface area contributed by atoms with Gasteiger partial charge in [0.1, 0.15) is 12.4 Å². The van der Waals surface area contributed by atoms with E-state index in [4.69, 9.17) is 9.47 Å². The lowest BCUT2D eigenvalue weighted by Crippen LogP contribution is -2.05. The molecule has 4 nitrogen and oxygen atoms in total. The number of pyridine rings is 1. The van der Waals surface area contributed by atoms with E-state index in [1.807, 2.05) is 6.07 Å². The molecule has 0 aliphatic heterocycles. The lowest BCUT2D eigenvalue weighted by molar-refractivity contribution is 0.0472. The van der Waals surface area contributed by atoms with E-state index in [0.29, 0.717) is 11.3 Å². The molecule has 92 valence electrons. The van der Waals surface area contributed by atoms with Crippen LogP contribution in [-0.4, -0.2) is 18.1 Å². The maximum Gasteiger partial charge on any atom is 0.338 e. The minimum atomic E-state index is -0.377. The van der Waals surface area contributed by atoms with E-state index in [1.165, 1.54) is 0 Å². The zero-order valence-corrected chi connectivity index (χ0v) is 10.00. The van der Waals surface area contributed by atoms with Crippen LogP contribution in [0.15, 0.2) is 48.8 Å². The van der Waals surface area contributed by atoms with Gasteiger partial charge >= 0.3 is 5.97 Å². The smallest absolute Gasteiger partial charge is 0.338 e. The standard InChI is InChI=1S/C14H13NO3/c1-17-13-6-2-5-12(8-13)14(16)18-10-11-4-3-7-15-9-11/h2-9H,10H2,1H3. The summed E-state index contributed by atoms with van der Waals surface area (Å²) in [6.45, 7) is 0.212. The molecule has 0 fully saturated rings. The van der Waals surface area contributed by atoms with Crippen LogP contribution in [0.25, 0.3) is 0 Å². The highest BCUT2D eigenvalue weighted by Gasteiger charge is 2.08. The van der Waals surface area contributed by atoms with Crippen LogP contribution in [0.3, 0.4) is 0 Å². The molecule has 18 heavy (non-hydrogen) atoms. The van der Waals surface area contributed by atoms with Gasteiger partial charge in [-0.05, 0) is 24.3 Å². The molecule has 0 aliphatic carbocycles. The van der Waals surface area contributed by atoms with E-state index in [2.05, 4.69) is 4.98 Å². The van der Waals surface area contributed by atoms with Gasteiger partial charge in [-0.25, -0.2) is 4.79 Å². The van der Waals surface area contributed by atoms with E-state index in [0.717, 1.165) is 5.56 Å². The second kappa shape index (κ2) is 5.82. The van der Waals surface area contributed by atoms with Gasteiger partial charge in [0.15, 0.2) is 0 Å². The normalized spacial score (nSPS) is 9.83. The molecule has 1 aromatic heterocycles. The molecule has 0 spiro atoms. The molecular weight excluding hydrogens is 230 g/mol. The molecule has 0 atom stereocenters. The van der Waals surface area contributed by atoms with Crippen LogP contribution in [0.1, 0.15) is 15.9 Å². The number of hydrogen-bond acceptors (Lipinski definition) is 4. The van der Waals surface area contributed by atoms with Crippen molar-refractivity contribution >= 4 is 5.97 Å². The molecule has 2 rings (SSSR count). The molecule has 0 unspecified atom stereocenters. The lowest BCUT2D eigenvalue weighted by Gasteiger charge is -2.05. The third kappa shape index (κ3) is 3.07. The van der Waals surface area contributed by atoms with Crippen LogP contribution >= 0.6 is 0 Å². The Balaban J connectivity index is 1.99. The van der Waals surface area contributed by atoms with Crippen molar-refractivity contribution < 1.29 is 14.3 Å². The van der Waals surface area contributed by atoms with Gasteiger partial charge in [0.05, 0.1) is 12.7 Å². The number of benzene rings is 1. The topological polar surface area (TPSA) is 48.4 Å².